The van der Waals surface area contributed by atoms with Gasteiger partial charge in [-0.1, -0.05) is 0 Å². The molecule has 84 valence electrons. The van der Waals surface area contributed by atoms with E-state index in [2.05, 4.69) is 0 Å². The summed E-state index contributed by atoms with van der Waals surface area (Å²) < 4.78 is 1.42. The van der Waals surface area contributed by atoms with Crippen molar-refractivity contribution in [2.75, 3.05) is 26.4 Å². The van der Waals surface area contributed by atoms with E-state index in [4.69, 9.17) is 5.73 Å². The average molecular weight is 211 g/mol. The summed E-state index contributed by atoms with van der Waals surface area (Å²) in [6.45, 7) is 0.781. The number of nitrogens with zero attached hydrogens (tertiary/aromatic N) is 2. The number of hydrogen-bond donors (Lipinski definition) is 2. The minimum atomic E-state index is -0.570. The van der Waals surface area contributed by atoms with Crippen LogP contribution in [0.2, 0.25) is 0 Å². The standard InChI is InChI=1S/C10H17N3O2/c1-12(2)6-9(14)7-13-5-8(11)3-4-10(13)15/h3-5,9,14H,6-7,11H2,1-2H3. The highest BCUT2D eigenvalue weighted by molar-refractivity contribution is 5.33. The Morgan fingerprint density at radius 2 is 2.20 bits per heavy atom. The van der Waals surface area contributed by atoms with Gasteiger partial charge in [-0.2, -0.15) is 0 Å². The monoisotopic (exact) mass is 211 g/mol. The molecule has 5 nitrogen and oxygen atoms in total. The Morgan fingerprint density at radius 1 is 1.53 bits per heavy atom. The van der Waals surface area contributed by atoms with E-state index < -0.39 is 6.10 Å². The molecule has 0 radical (unpaired) electrons. The van der Waals surface area contributed by atoms with Crippen LogP contribution in [0.15, 0.2) is 23.1 Å². The molecule has 1 atom stereocenters. The molecule has 0 amide bonds. The summed E-state index contributed by atoms with van der Waals surface area (Å²) >= 11 is 0. The van der Waals surface area contributed by atoms with Gasteiger partial charge in [0.2, 0.25) is 0 Å². The lowest BCUT2D eigenvalue weighted by Gasteiger charge is -2.17. The van der Waals surface area contributed by atoms with E-state index in [0.717, 1.165) is 0 Å². The first-order valence-corrected chi connectivity index (χ1v) is 4.78. The topological polar surface area (TPSA) is 71.5 Å². The number of nitrogens with two attached hydrogens (primary N) is 1. The number of likely N-dealkylation sites (N-methyl/N-ethyl adjacent to an activating group) is 1. The summed E-state index contributed by atoms with van der Waals surface area (Å²) in [7, 11) is 3.73. The van der Waals surface area contributed by atoms with Gasteiger partial charge in [0.25, 0.3) is 5.56 Å². The third kappa shape index (κ3) is 3.73. The van der Waals surface area contributed by atoms with Gasteiger partial charge in [-0.15, -0.1) is 0 Å². The molecule has 0 aliphatic rings. The summed E-state index contributed by atoms with van der Waals surface area (Å²) in [5.41, 5.74) is 5.92. The zero-order valence-electron chi connectivity index (χ0n) is 9.05. The molecule has 15 heavy (non-hydrogen) atoms. The van der Waals surface area contributed by atoms with Crippen molar-refractivity contribution in [2.45, 2.75) is 12.6 Å². The van der Waals surface area contributed by atoms with Gasteiger partial charge in [0.15, 0.2) is 0 Å². The summed E-state index contributed by atoms with van der Waals surface area (Å²) in [5, 5.41) is 9.65. The number of hydrogen-bond acceptors (Lipinski definition) is 4. The first kappa shape index (κ1) is 11.7. The smallest absolute Gasteiger partial charge is 0.250 e. The number of aliphatic hydroxyl groups is 1. The van der Waals surface area contributed by atoms with Gasteiger partial charge >= 0.3 is 0 Å². The molecular formula is C10H17N3O2. The highest BCUT2D eigenvalue weighted by Crippen LogP contribution is 1.98. The molecule has 5 heteroatoms. The molecule has 0 saturated carbocycles. The van der Waals surface area contributed by atoms with Crippen molar-refractivity contribution in [3.05, 3.63) is 28.7 Å². The number of nitrogen functional groups attached to an aromatic ring is 1. The fourth-order valence-corrected chi connectivity index (χ4v) is 1.40. The van der Waals surface area contributed by atoms with Crippen LogP contribution in [0.5, 0.6) is 0 Å². The van der Waals surface area contributed by atoms with Crippen LogP contribution in [-0.2, 0) is 6.54 Å². The van der Waals surface area contributed by atoms with E-state index in [1.165, 1.54) is 10.6 Å². The van der Waals surface area contributed by atoms with Crippen LogP contribution in [0.25, 0.3) is 0 Å². The van der Waals surface area contributed by atoms with E-state index in [0.29, 0.717) is 12.2 Å². The first-order chi connectivity index (χ1) is 6.99. The molecule has 0 saturated heterocycles. The van der Waals surface area contributed by atoms with Gasteiger partial charge in [0, 0.05) is 24.5 Å². The quantitative estimate of drug-likeness (QED) is 0.694. The second kappa shape index (κ2) is 4.95. The molecule has 1 aromatic heterocycles. The zero-order valence-corrected chi connectivity index (χ0v) is 9.05. The molecule has 0 aliphatic carbocycles. The Kier molecular flexibility index (Phi) is 3.88. The third-order valence-corrected chi connectivity index (χ3v) is 1.99. The molecular weight excluding hydrogens is 194 g/mol. The van der Waals surface area contributed by atoms with Gasteiger partial charge in [-0.3, -0.25) is 4.79 Å². The molecule has 1 unspecified atom stereocenters. The summed E-state index contributed by atoms with van der Waals surface area (Å²) in [6, 6.07) is 2.95. The summed E-state index contributed by atoms with van der Waals surface area (Å²) in [4.78, 5) is 13.2. The molecule has 0 fully saturated rings. The van der Waals surface area contributed by atoms with Crippen LogP contribution in [0.1, 0.15) is 0 Å². The number of rotatable bonds is 4. The number of pyridine rings is 1. The fraction of sp³-hybridized carbons (Fsp3) is 0.500. The number of anilines is 1. The molecule has 1 heterocycles. The second-order valence-corrected chi connectivity index (χ2v) is 3.87. The van der Waals surface area contributed by atoms with Crippen LogP contribution >= 0.6 is 0 Å². The van der Waals surface area contributed by atoms with E-state index >= 15 is 0 Å². The zero-order chi connectivity index (χ0) is 11.4. The van der Waals surface area contributed by atoms with Gasteiger partial charge in [0.05, 0.1) is 12.6 Å². The Morgan fingerprint density at radius 3 is 2.80 bits per heavy atom. The molecule has 0 aliphatic heterocycles. The van der Waals surface area contributed by atoms with E-state index in [1.54, 1.807) is 12.3 Å². The van der Waals surface area contributed by atoms with Crippen molar-refractivity contribution in [1.82, 2.24) is 9.47 Å². The van der Waals surface area contributed by atoms with Crippen molar-refractivity contribution in [1.29, 1.82) is 0 Å². The van der Waals surface area contributed by atoms with Gasteiger partial charge in [0.1, 0.15) is 0 Å². The maximum Gasteiger partial charge on any atom is 0.250 e. The second-order valence-electron chi connectivity index (χ2n) is 3.87. The third-order valence-electron chi connectivity index (χ3n) is 1.99. The normalized spacial score (nSPS) is 13.1. The molecule has 1 aromatic rings. The van der Waals surface area contributed by atoms with E-state index in [9.17, 15) is 9.90 Å². The lowest BCUT2D eigenvalue weighted by Crippen LogP contribution is -2.33. The van der Waals surface area contributed by atoms with E-state index in [1.807, 2.05) is 19.0 Å². The predicted octanol–water partition coefficient (Wildman–Crippen LogP) is -0.647. The minimum absolute atomic E-state index is 0.151. The summed E-state index contributed by atoms with van der Waals surface area (Å²) in [5.74, 6) is 0. The van der Waals surface area contributed by atoms with Crippen molar-refractivity contribution < 1.29 is 5.11 Å². The van der Waals surface area contributed by atoms with Crippen molar-refractivity contribution in [3.8, 4) is 0 Å². The predicted molar refractivity (Wildman–Crippen MR) is 59.7 cm³/mol. The Balaban J connectivity index is 2.71. The molecule has 3 N–H and O–H groups in total. The minimum Gasteiger partial charge on any atom is -0.398 e. The molecule has 1 rings (SSSR count). The molecule has 0 bridgehead atoms. The average Bonchev–Trinajstić information content (AvgIpc) is 2.10. The van der Waals surface area contributed by atoms with Crippen molar-refractivity contribution in [2.24, 2.45) is 0 Å². The first-order valence-electron chi connectivity index (χ1n) is 4.78. The van der Waals surface area contributed by atoms with Gasteiger partial charge in [-0.05, 0) is 20.2 Å². The maximum atomic E-state index is 11.4. The van der Waals surface area contributed by atoms with Crippen molar-refractivity contribution >= 4 is 5.69 Å². The fourth-order valence-electron chi connectivity index (χ4n) is 1.40. The Bertz CT molecular complexity index is 373. The van der Waals surface area contributed by atoms with Gasteiger partial charge in [-0.25, -0.2) is 0 Å². The van der Waals surface area contributed by atoms with Crippen LogP contribution in [0.4, 0.5) is 5.69 Å². The van der Waals surface area contributed by atoms with Crippen LogP contribution < -0.4 is 11.3 Å². The largest absolute Gasteiger partial charge is 0.398 e. The SMILES string of the molecule is CN(C)CC(O)Cn1cc(N)ccc1=O. The number of aliphatic hydroxyl groups excluding tert-OH is 1. The Hall–Kier alpha value is -1.33. The van der Waals surface area contributed by atoms with Crippen molar-refractivity contribution in [3.63, 3.8) is 0 Å². The molecule has 0 spiro atoms. The molecule has 0 aromatic carbocycles. The highest BCUT2D eigenvalue weighted by atomic mass is 16.3. The lowest BCUT2D eigenvalue weighted by atomic mass is 10.3. The number of aromatic nitrogens is 1. The van der Waals surface area contributed by atoms with Gasteiger partial charge < -0.3 is 20.3 Å². The maximum absolute atomic E-state index is 11.4. The van der Waals surface area contributed by atoms with Crippen LogP contribution in [0.3, 0.4) is 0 Å². The van der Waals surface area contributed by atoms with Crippen LogP contribution in [-0.4, -0.2) is 41.3 Å². The Labute approximate surface area is 88.7 Å². The highest BCUT2D eigenvalue weighted by Gasteiger charge is 2.07. The van der Waals surface area contributed by atoms with Crippen LogP contribution in [0, 0.1) is 0 Å². The summed E-state index contributed by atoms with van der Waals surface area (Å²) in [6.07, 6.45) is 0.973. The van der Waals surface area contributed by atoms with E-state index in [-0.39, 0.29) is 12.1 Å². The lowest BCUT2D eigenvalue weighted by molar-refractivity contribution is 0.118.